The number of anilines is 2. The minimum absolute atomic E-state index is 0.150. The molecule has 84 heavy (non-hydrogen) atoms. The molecular formula is C64H78Cl2N4O12S2. The zero-order valence-corrected chi connectivity index (χ0v) is 50.5. The Labute approximate surface area is 504 Å². The lowest BCUT2D eigenvalue weighted by Crippen LogP contribution is -2.49. The van der Waals surface area contributed by atoms with Gasteiger partial charge in [0.1, 0.15) is 11.5 Å². The van der Waals surface area contributed by atoms with Crippen LogP contribution in [0.25, 0.3) is 0 Å². The molecule has 6 N–H and O–H groups in total. The maximum Gasteiger partial charge on any atom is 0.264 e. The summed E-state index contributed by atoms with van der Waals surface area (Å²) in [5.41, 5.74) is 6.05. The second kappa shape index (κ2) is 26.5. The smallest absolute Gasteiger partial charge is 0.264 e. The average molecular weight is 1230 g/mol. The Balaban J connectivity index is 0.000000202. The summed E-state index contributed by atoms with van der Waals surface area (Å²) in [5.74, 6) is -0.858. The van der Waals surface area contributed by atoms with Crippen LogP contribution in [-0.4, -0.2) is 124 Å². The first kappa shape index (κ1) is 62.8. The van der Waals surface area contributed by atoms with E-state index in [9.17, 15) is 46.9 Å². The van der Waals surface area contributed by atoms with Gasteiger partial charge in [0.05, 0.1) is 60.5 Å². The first-order valence-electron chi connectivity index (χ1n) is 29.0. The summed E-state index contributed by atoms with van der Waals surface area (Å²) in [6.07, 6.45) is 12.9. The number of carbonyl (C=O) groups excluding carboxylic acids is 2. The van der Waals surface area contributed by atoms with E-state index in [-0.39, 0.29) is 45.6 Å². The van der Waals surface area contributed by atoms with Gasteiger partial charge in [0.2, 0.25) is 20.0 Å². The molecule has 0 radical (unpaired) electrons. The Morgan fingerprint density at radius 2 is 1.01 bits per heavy atom. The van der Waals surface area contributed by atoms with Gasteiger partial charge in [0.25, 0.3) is 11.8 Å². The van der Waals surface area contributed by atoms with Crippen molar-refractivity contribution < 1.29 is 56.3 Å². The normalized spacial score (nSPS) is 24.7. The highest BCUT2D eigenvalue weighted by atomic mass is 35.5. The van der Waals surface area contributed by atoms with Gasteiger partial charge in [0.15, 0.2) is 0 Å². The maximum absolute atomic E-state index is 13.1. The van der Waals surface area contributed by atoms with Crippen LogP contribution < -0.4 is 28.7 Å². The predicted molar refractivity (Wildman–Crippen MR) is 329 cm³/mol. The third-order valence-corrected chi connectivity index (χ3v) is 21.1. The number of hydrogen-bond acceptors (Lipinski definition) is 14. The minimum atomic E-state index is -4.09. The zero-order chi connectivity index (χ0) is 60.1. The summed E-state index contributed by atoms with van der Waals surface area (Å²) in [6, 6.07) is 22.1. The molecule has 20 heteroatoms. The Morgan fingerprint density at radius 3 is 1.37 bits per heavy atom. The van der Waals surface area contributed by atoms with Crippen molar-refractivity contribution in [2.75, 3.05) is 60.7 Å². The topological polar surface area (TPSA) is 232 Å². The molecule has 0 aromatic heterocycles. The second-order valence-electron chi connectivity index (χ2n) is 23.8. The maximum atomic E-state index is 13.1. The number of ether oxygens (including phenoxy) is 2. The van der Waals surface area contributed by atoms with Gasteiger partial charge in [-0.3, -0.25) is 9.59 Å². The lowest BCUT2D eigenvalue weighted by molar-refractivity contribution is 0.0176. The summed E-state index contributed by atoms with van der Waals surface area (Å²) in [5, 5.41) is 42.4. The molecule has 10 atom stereocenters. The van der Waals surface area contributed by atoms with Crippen LogP contribution in [0, 0.1) is 23.7 Å². The number of aliphatic hydroxyl groups excluding tert-OH is 4. The van der Waals surface area contributed by atoms with Gasteiger partial charge in [0, 0.05) is 58.2 Å². The quantitative estimate of drug-likeness (QED) is 0.0455. The Hall–Kier alpha value is -5.70. The minimum Gasteiger partial charge on any atom is -0.490 e. The number of sulfonamides is 2. The van der Waals surface area contributed by atoms with Crippen LogP contribution in [0.3, 0.4) is 0 Å². The molecule has 4 aromatic rings. The van der Waals surface area contributed by atoms with Crippen LogP contribution >= 0.6 is 23.2 Å². The van der Waals surface area contributed by atoms with Crippen molar-refractivity contribution in [3.63, 3.8) is 0 Å². The molecule has 4 aliphatic carbocycles. The molecule has 2 fully saturated rings. The number of aliphatic hydroxyl groups is 4. The zero-order valence-electron chi connectivity index (χ0n) is 47.3. The van der Waals surface area contributed by atoms with E-state index >= 15 is 0 Å². The van der Waals surface area contributed by atoms with E-state index in [4.69, 9.17) is 32.7 Å². The molecule has 6 aliphatic rings. The Morgan fingerprint density at radius 1 is 0.607 bits per heavy atom. The fraction of sp³-hybridized carbons (Fsp3) is 0.469. The summed E-state index contributed by atoms with van der Waals surface area (Å²) in [4.78, 5) is 30.7. The lowest BCUT2D eigenvalue weighted by Gasteiger charge is -2.45. The van der Waals surface area contributed by atoms with E-state index in [0.29, 0.717) is 85.2 Å². The van der Waals surface area contributed by atoms with Gasteiger partial charge in [-0.25, -0.2) is 26.3 Å². The number of carbonyl (C=O) groups is 2. The summed E-state index contributed by atoms with van der Waals surface area (Å²) < 4.78 is 66.9. The van der Waals surface area contributed by atoms with E-state index in [1.165, 1.54) is 22.3 Å². The fourth-order valence-corrected chi connectivity index (χ4v) is 16.0. The summed E-state index contributed by atoms with van der Waals surface area (Å²) in [7, 11) is -8.18. The number of aryl methyl sites for hydroxylation is 2. The highest BCUT2D eigenvalue weighted by Crippen LogP contribution is 2.49. The molecule has 0 unspecified atom stereocenters. The number of rotatable bonds is 20. The Kier molecular flexibility index (Phi) is 19.8. The Bertz CT molecular complexity index is 3140. The van der Waals surface area contributed by atoms with Gasteiger partial charge in [-0.15, -0.1) is 26.3 Å². The number of halogens is 2. The third kappa shape index (κ3) is 14.2. The van der Waals surface area contributed by atoms with Crippen molar-refractivity contribution in [1.29, 1.82) is 0 Å². The molecule has 0 saturated heterocycles. The van der Waals surface area contributed by atoms with Crippen LogP contribution in [0.2, 0.25) is 10.0 Å². The molecule has 2 saturated carbocycles. The van der Waals surface area contributed by atoms with E-state index in [1.54, 1.807) is 48.6 Å². The van der Waals surface area contributed by atoms with E-state index < -0.39 is 67.8 Å². The van der Waals surface area contributed by atoms with Crippen LogP contribution in [0.15, 0.2) is 123 Å². The van der Waals surface area contributed by atoms with Gasteiger partial charge in [-0.05, 0) is 184 Å². The lowest BCUT2D eigenvalue weighted by atomic mass is 9.68. The molecule has 10 rings (SSSR count). The number of benzene rings is 4. The molecule has 452 valence electrons. The van der Waals surface area contributed by atoms with Gasteiger partial charge >= 0.3 is 0 Å². The highest BCUT2D eigenvalue weighted by molar-refractivity contribution is 7.90. The van der Waals surface area contributed by atoms with E-state index in [2.05, 4.69) is 57.7 Å². The standard InChI is InChI=1S/2C32H39ClN2O6S/c2*1-3-6-29(37)26-11-8-23(26)17-35-19-32(14-5-7-21-15-24(33)10-12-27(21)32)20-41-30-13-9-22(16-28(30)35)31(38)34-42(39,40)18-25(36)4-2/h2*3-4,9-10,12-13,15-16,23,25-26,29,36-37H,1-2,5-8,11,14,17-20H2,(H,34,38)/t23-,25+,26+,29-,32-;23-,25-,26+,29-,32-/m00/s1. The monoisotopic (exact) mass is 1230 g/mol. The van der Waals surface area contributed by atoms with Crippen LogP contribution in [0.1, 0.15) is 107 Å². The van der Waals surface area contributed by atoms with E-state index in [0.717, 1.165) is 76.4 Å². The van der Waals surface area contributed by atoms with Crippen LogP contribution in [0.5, 0.6) is 11.5 Å². The molecule has 2 spiro atoms. The summed E-state index contributed by atoms with van der Waals surface area (Å²) in [6.45, 7) is 17.9. The molecular weight excluding hydrogens is 1150 g/mol. The largest absolute Gasteiger partial charge is 0.490 e. The van der Waals surface area contributed by atoms with Crippen molar-refractivity contribution >= 4 is 66.4 Å². The first-order chi connectivity index (χ1) is 40.1. The van der Waals surface area contributed by atoms with Crippen molar-refractivity contribution in [2.45, 2.75) is 112 Å². The van der Waals surface area contributed by atoms with Crippen LogP contribution in [-0.2, 0) is 43.7 Å². The highest BCUT2D eigenvalue weighted by Gasteiger charge is 2.46. The van der Waals surface area contributed by atoms with Gasteiger partial charge in [-0.1, -0.05) is 59.6 Å². The van der Waals surface area contributed by atoms with Crippen molar-refractivity contribution in [2.24, 2.45) is 23.7 Å². The molecule has 2 amide bonds. The number of amides is 2. The molecule has 4 aromatic carbocycles. The van der Waals surface area contributed by atoms with Crippen molar-refractivity contribution in [3.8, 4) is 11.5 Å². The molecule has 2 heterocycles. The van der Waals surface area contributed by atoms with Crippen LogP contribution in [0.4, 0.5) is 11.4 Å². The number of nitrogens with zero attached hydrogens (tertiary/aromatic N) is 2. The molecule has 0 bridgehead atoms. The van der Waals surface area contributed by atoms with E-state index in [1.807, 2.05) is 24.3 Å². The number of hydrogen-bond donors (Lipinski definition) is 6. The third-order valence-electron chi connectivity index (χ3n) is 18.1. The van der Waals surface area contributed by atoms with Gasteiger partial charge < -0.3 is 39.7 Å². The predicted octanol–water partition coefficient (Wildman–Crippen LogP) is 8.77. The first-order valence-corrected chi connectivity index (χ1v) is 33.0. The molecule has 16 nitrogen and oxygen atoms in total. The summed E-state index contributed by atoms with van der Waals surface area (Å²) >= 11 is 12.7. The van der Waals surface area contributed by atoms with Crippen molar-refractivity contribution in [1.82, 2.24) is 9.44 Å². The number of fused-ring (bicyclic) bond motifs is 6. The second-order valence-corrected chi connectivity index (χ2v) is 28.2. The SMILES string of the molecule is C=CC[C@H](O)[C@@H]1CC[C@H]1CN1C[C@@]2(CCCc3cc(Cl)ccc32)COc2ccc(C(=O)NS(=O)(=O)C[C@@H](O)C=C)cc21.C=CC[C@H](O)[C@@H]1CC[C@H]1CN1C[C@@]2(CCCc3cc(Cl)ccc32)COc2ccc(C(=O)NS(=O)(=O)C[C@H](O)C=C)cc21. The average Bonchev–Trinajstić information content (AvgIpc) is 2.43. The fourth-order valence-electron chi connectivity index (χ4n) is 13.5. The van der Waals surface area contributed by atoms with Crippen molar-refractivity contribution in [3.05, 3.63) is 167 Å². The van der Waals surface area contributed by atoms with Gasteiger partial charge in [-0.2, -0.15) is 0 Å². The molecule has 2 aliphatic heterocycles. The number of nitrogens with one attached hydrogen (secondary N) is 2.